The Labute approximate surface area is 134 Å². The predicted octanol–water partition coefficient (Wildman–Crippen LogP) is 4.80. The molecule has 0 aliphatic rings. The van der Waals surface area contributed by atoms with Crippen LogP contribution in [0.2, 0.25) is 10.0 Å². The van der Waals surface area contributed by atoms with E-state index in [4.69, 9.17) is 27.9 Å². The topological polar surface area (TPSA) is 26.3 Å². The molecule has 1 atom stereocenters. The molecule has 2 rings (SSSR count). The SMILES string of the molecule is COC(=O)[C@@H](Cc1c(Cl)cccc1Cl)c1ccccc1C. The Morgan fingerprint density at radius 1 is 1.10 bits per heavy atom. The van der Waals surface area contributed by atoms with Gasteiger partial charge in [-0.15, -0.1) is 0 Å². The third kappa shape index (κ3) is 3.58. The molecule has 0 heterocycles. The predicted molar refractivity (Wildman–Crippen MR) is 86.1 cm³/mol. The van der Waals surface area contributed by atoms with Crippen LogP contribution in [0.3, 0.4) is 0 Å². The first kappa shape index (κ1) is 15.9. The molecule has 0 spiro atoms. The van der Waals surface area contributed by atoms with E-state index in [0.29, 0.717) is 16.5 Å². The highest BCUT2D eigenvalue weighted by molar-refractivity contribution is 6.36. The quantitative estimate of drug-likeness (QED) is 0.756. The van der Waals surface area contributed by atoms with E-state index >= 15 is 0 Å². The third-order valence-electron chi connectivity index (χ3n) is 3.52. The Morgan fingerprint density at radius 2 is 1.71 bits per heavy atom. The molecule has 110 valence electrons. The number of halogens is 2. The first-order valence-electron chi connectivity index (χ1n) is 6.60. The minimum Gasteiger partial charge on any atom is -0.469 e. The van der Waals surface area contributed by atoms with E-state index in [0.717, 1.165) is 16.7 Å². The molecular weight excluding hydrogens is 307 g/mol. The van der Waals surface area contributed by atoms with Gasteiger partial charge in [-0.3, -0.25) is 4.79 Å². The first-order valence-corrected chi connectivity index (χ1v) is 7.36. The van der Waals surface area contributed by atoms with Gasteiger partial charge in [-0.2, -0.15) is 0 Å². The zero-order valence-electron chi connectivity index (χ0n) is 11.9. The molecule has 0 fully saturated rings. The van der Waals surface area contributed by atoms with Crippen LogP contribution >= 0.6 is 23.2 Å². The van der Waals surface area contributed by atoms with Crippen molar-refractivity contribution in [2.45, 2.75) is 19.3 Å². The molecule has 0 saturated carbocycles. The molecule has 0 aliphatic carbocycles. The first-order chi connectivity index (χ1) is 10.0. The highest BCUT2D eigenvalue weighted by Gasteiger charge is 2.25. The fraction of sp³-hybridized carbons (Fsp3) is 0.235. The maximum absolute atomic E-state index is 12.2. The summed E-state index contributed by atoms with van der Waals surface area (Å²) >= 11 is 12.4. The summed E-state index contributed by atoms with van der Waals surface area (Å²) in [6.45, 7) is 1.97. The van der Waals surface area contributed by atoms with Crippen molar-refractivity contribution in [1.82, 2.24) is 0 Å². The van der Waals surface area contributed by atoms with Crippen molar-refractivity contribution < 1.29 is 9.53 Å². The second kappa shape index (κ2) is 6.97. The van der Waals surface area contributed by atoms with Crippen LogP contribution in [-0.4, -0.2) is 13.1 Å². The van der Waals surface area contributed by atoms with E-state index in [1.54, 1.807) is 18.2 Å². The zero-order chi connectivity index (χ0) is 15.4. The maximum Gasteiger partial charge on any atom is 0.313 e. The number of hydrogen-bond donors (Lipinski definition) is 0. The molecule has 4 heteroatoms. The minimum absolute atomic E-state index is 0.291. The molecule has 2 aromatic carbocycles. The van der Waals surface area contributed by atoms with Crippen molar-refractivity contribution in [2.24, 2.45) is 0 Å². The van der Waals surface area contributed by atoms with Crippen LogP contribution < -0.4 is 0 Å². The number of rotatable bonds is 4. The Bertz CT molecular complexity index is 633. The molecule has 2 nitrogen and oxygen atoms in total. The molecule has 0 aliphatic heterocycles. The Balaban J connectivity index is 2.43. The number of carbonyl (C=O) groups is 1. The Kier molecular flexibility index (Phi) is 5.27. The van der Waals surface area contributed by atoms with Gasteiger partial charge >= 0.3 is 5.97 Å². The second-order valence-electron chi connectivity index (χ2n) is 4.84. The molecular formula is C17H16Cl2O2. The van der Waals surface area contributed by atoms with Gasteiger partial charge in [0.1, 0.15) is 0 Å². The van der Waals surface area contributed by atoms with Crippen LogP contribution in [-0.2, 0) is 16.0 Å². The van der Waals surface area contributed by atoms with E-state index in [2.05, 4.69) is 0 Å². The standard InChI is InChI=1S/C17H16Cl2O2/c1-11-6-3-4-7-12(11)13(17(20)21-2)10-14-15(18)8-5-9-16(14)19/h3-9,13H,10H2,1-2H3/t13-/m0/s1. The van der Waals surface area contributed by atoms with Crippen LogP contribution in [0.5, 0.6) is 0 Å². The summed E-state index contributed by atoms with van der Waals surface area (Å²) in [6.07, 6.45) is 0.413. The zero-order valence-corrected chi connectivity index (χ0v) is 13.4. The summed E-state index contributed by atoms with van der Waals surface area (Å²) in [4.78, 5) is 12.2. The number of aryl methyl sites for hydroxylation is 1. The number of ether oxygens (including phenoxy) is 1. The lowest BCUT2D eigenvalue weighted by Gasteiger charge is -2.18. The molecule has 0 N–H and O–H groups in total. The molecule has 0 bridgehead atoms. The van der Waals surface area contributed by atoms with Crippen molar-refractivity contribution >= 4 is 29.2 Å². The van der Waals surface area contributed by atoms with Gasteiger partial charge in [-0.25, -0.2) is 0 Å². The summed E-state index contributed by atoms with van der Waals surface area (Å²) in [6, 6.07) is 13.1. The van der Waals surface area contributed by atoms with Gasteiger partial charge in [-0.05, 0) is 42.2 Å². The Hall–Kier alpha value is -1.51. The molecule has 21 heavy (non-hydrogen) atoms. The van der Waals surface area contributed by atoms with E-state index in [1.165, 1.54) is 7.11 Å². The number of esters is 1. The average Bonchev–Trinajstić information content (AvgIpc) is 2.47. The van der Waals surface area contributed by atoms with Crippen LogP contribution in [0.4, 0.5) is 0 Å². The summed E-state index contributed by atoms with van der Waals surface area (Å²) < 4.78 is 4.95. The normalized spacial score (nSPS) is 12.0. The summed E-state index contributed by atoms with van der Waals surface area (Å²) in [7, 11) is 1.39. The van der Waals surface area contributed by atoms with E-state index in [-0.39, 0.29) is 5.97 Å². The molecule has 0 aromatic heterocycles. The van der Waals surface area contributed by atoms with E-state index in [1.807, 2.05) is 31.2 Å². The number of carbonyl (C=O) groups excluding carboxylic acids is 1. The summed E-state index contributed by atoms with van der Waals surface area (Å²) in [5, 5.41) is 1.12. The lowest BCUT2D eigenvalue weighted by Crippen LogP contribution is -2.18. The van der Waals surface area contributed by atoms with Crippen LogP contribution in [0, 0.1) is 6.92 Å². The fourth-order valence-electron chi connectivity index (χ4n) is 2.37. The smallest absolute Gasteiger partial charge is 0.313 e. The van der Waals surface area contributed by atoms with Crippen molar-refractivity contribution in [2.75, 3.05) is 7.11 Å². The molecule has 2 aromatic rings. The maximum atomic E-state index is 12.2. The number of benzene rings is 2. The van der Waals surface area contributed by atoms with Crippen LogP contribution in [0.1, 0.15) is 22.6 Å². The second-order valence-corrected chi connectivity index (χ2v) is 5.65. The highest BCUT2D eigenvalue weighted by Crippen LogP contribution is 2.32. The minimum atomic E-state index is -0.423. The molecule has 0 saturated heterocycles. The molecule has 0 radical (unpaired) electrons. The summed E-state index contributed by atoms with van der Waals surface area (Å²) in [5.41, 5.74) is 2.73. The average molecular weight is 323 g/mol. The van der Waals surface area contributed by atoms with Gasteiger partial charge in [0.05, 0.1) is 13.0 Å². The Morgan fingerprint density at radius 3 is 2.29 bits per heavy atom. The van der Waals surface area contributed by atoms with Crippen molar-refractivity contribution in [3.05, 3.63) is 69.2 Å². The highest BCUT2D eigenvalue weighted by atomic mass is 35.5. The van der Waals surface area contributed by atoms with Gasteiger partial charge in [-0.1, -0.05) is 53.5 Å². The van der Waals surface area contributed by atoms with Gasteiger partial charge in [0.25, 0.3) is 0 Å². The lowest BCUT2D eigenvalue weighted by molar-refractivity contribution is -0.142. The van der Waals surface area contributed by atoms with Crippen LogP contribution in [0.15, 0.2) is 42.5 Å². The largest absolute Gasteiger partial charge is 0.469 e. The van der Waals surface area contributed by atoms with Crippen LogP contribution in [0.25, 0.3) is 0 Å². The molecule has 0 amide bonds. The van der Waals surface area contributed by atoms with Gasteiger partial charge in [0.2, 0.25) is 0 Å². The summed E-state index contributed by atoms with van der Waals surface area (Å²) in [5.74, 6) is -0.714. The van der Waals surface area contributed by atoms with Crippen molar-refractivity contribution in [1.29, 1.82) is 0 Å². The number of methoxy groups -OCH3 is 1. The monoisotopic (exact) mass is 322 g/mol. The molecule has 0 unspecified atom stereocenters. The fourth-order valence-corrected chi connectivity index (χ4v) is 2.92. The van der Waals surface area contributed by atoms with Gasteiger partial charge in [0, 0.05) is 10.0 Å². The van der Waals surface area contributed by atoms with E-state index in [9.17, 15) is 4.79 Å². The van der Waals surface area contributed by atoms with E-state index < -0.39 is 5.92 Å². The van der Waals surface area contributed by atoms with Crippen molar-refractivity contribution in [3.63, 3.8) is 0 Å². The number of hydrogen-bond acceptors (Lipinski definition) is 2. The lowest BCUT2D eigenvalue weighted by atomic mass is 9.89. The third-order valence-corrected chi connectivity index (χ3v) is 4.23. The van der Waals surface area contributed by atoms with Gasteiger partial charge in [0.15, 0.2) is 0 Å². The van der Waals surface area contributed by atoms with Gasteiger partial charge < -0.3 is 4.74 Å². The van der Waals surface area contributed by atoms with Crippen molar-refractivity contribution in [3.8, 4) is 0 Å².